The number of esters is 1. The topological polar surface area (TPSA) is 156 Å². The maximum atomic E-state index is 14.5. The predicted molar refractivity (Wildman–Crippen MR) is 208 cm³/mol. The summed E-state index contributed by atoms with van der Waals surface area (Å²) in [5, 5.41) is 33.8. The number of rotatable bonds is 7. The predicted octanol–water partition coefficient (Wildman–Crippen LogP) is 7.82. The van der Waals surface area contributed by atoms with Crippen LogP contribution in [0.3, 0.4) is 0 Å². The van der Waals surface area contributed by atoms with Gasteiger partial charge in [0.15, 0.2) is 0 Å². The SMILES string of the molecule is C[C@H]1[C@H](C)CC[C@]2(C(=O)OCCN3CCN(C(=O)c4cc([N+](=O)[O-])cc([N+](=O)[O-])c4)CC3)CC[C@]3(C)C(=CC[C@@H]4[C@@]5(C)CC[C@H](O)C(C)(C)[C@@H]5CC[C@]43C)[C@H]12. The summed E-state index contributed by atoms with van der Waals surface area (Å²) < 4.78 is 6.27. The van der Waals surface area contributed by atoms with Crippen molar-refractivity contribution in [2.24, 2.45) is 56.7 Å². The lowest BCUT2D eigenvalue weighted by Crippen LogP contribution is -2.65. The minimum atomic E-state index is -0.733. The number of piperazine rings is 1. The molecule has 1 saturated heterocycles. The number of nitro groups is 2. The Labute approximate surface area is 325 Å². The molecule has 0 aromatic heterocycles. The Morgan fingerprint density at radius 1 is 0.855 bits per heavy atom. The summed E-state index contributed by atoms with van der Waals surface area (Å²) >= 11 is 0. The van der Waals surface area contributed by atoms with Crippen LogP contribution in [0.2, 0.25) is 0 Å². The number of nitrogens with zero attached hydrogens (tertiary/aromatic N) is 4. The Bertz CT molecular complexity index is 1740. The lowest BCUT2D eigenvalue weighted by molar-refractivity contribution is -0.394. The number of non-ortho nitro benzene ring substituents is 2. The number of ether oxygens (including phenoxy) is 1. The van der Waals surface area contributed by atoms with Gasteiger partial charge in [-0.3, -0.25) is 34.7 Å². The molecule has 10 atom stereocenters. The Morgan fingerprint density at radius 2 is 1.51 bits per heavy atom. The minimum absolute atomic E-state index is 0.00341. The minimum Gasteiger partial charge on any atom is -0.464 e. The van der Waals surface area contributed by atoms with Crippen molar-refractivity contribution in [1.82, 2.24) is 9.80 Å². The maximum absolute atomic E-state index is 14.5. The molecule has 1 aromatic rings. The van der Waals surface area contributed by atoms with E-state index in [1.54, 1.807) is 4.90 Å². The van der Waals surface area contributed by atoms with Crippen LogP contribution in [-0.4, -0.2) is 82.1 Å². The normalized spacial score (nSPS) is 39.7. The summed E-state index contributed by atoms with van der Waals surface area (Å²) in [5.74, 6) is 1.51. The molecule has 0 bridgehead atoms. The van der Waals surface area contributed by atoms with Crippen LogP contribution in [0, 0.1) is 76.9 Å². The molecule has 1 aromatic carbocycles. The van der Waals surface area contributed by atoms with Gasteiger partial charge in [-0.15, -0.1) is 0 Å². The lowest BCUT2D eigenvalue weighted by Gasteiger charge is -2.71. The smallest absolute Gasteiger partial charge is 0.312 e. The Morgan fingerprint density at radius 3 is 2.15 bits per heavy atom. The number of allylic oxidation sites excluding steroid dienone is 2. The van der Waals surface area contributed by atoms with Crippen LogP contribution >= 0.6 is 0 Å². The van der Waals surface area contributed by atoms with Crippen molar-refractivity contribution in [3.63, 3.8) is 0 Å². The van der Waals surface area contributed by atoms with Gasteiger partial charge in [0.2, 0.25) is 0 Å². The first kappa shape index (κ1) is 39.8. The molecule has 1 N–H and O–H groups in total. The highest BCUT2D eigenvalue weighted by Gasteiger charge is 2.69. The first-order chi connectivity index (χ1) is 25.8. The molecule has 7 rings (SSSR count). The van der Waals surface area contributed by atoms with E-state index in [4.69, 9.17) is 4.74 Å². The molecule has 0 spiro atoms. The molecule has 1 aliphatic heterocycles. The third-order valence-electron chi connectivity index (χ3n) is 17.2. The molecule has 0 unspecified atom stereocenters. The standard InChI is InChI=1S/C43H62N4O8/c1-27-10-15-43(38(50)55-23-22-44-18-20-45(21-19-44)37(49)29-24-30(46(51)52)26-31(25-29)47(53)54)17-16-41(6)32(36(43)28(27)2)8-9-34-40(5)13-12-35(48)39(3,4)33(40)11-14-42(34,41)7/h8,24-28,33-36,48H,9-23H2,1-7H3/t27-,28+,33+,34-,35+,36+,40+,41-,42-,43+/m1/s1. The number of aliphatic hydroxyl groups excluding tert-OH is 1. The van der Waals surface area contributed by atoms with Gasteiger partial charge in [0.1, 0.15) is 6.61 Å². The number of nitro benzene ring substituents is 2. The Balaban J connectivity index is 1.03. The van der Waals surface area contributed by atoms with Crippen LogP contribution < -0.4 is 0 Å². The number of fused-ring (bicyclic) bond motifs is 7. The fourth-order valence-corrected chi connectivity index (χ4v) is 13.5. The van der Waals surface area contributed by atoms with Crippen molar-refractivity contribution in [1.29, 1.82) is 0 Å². The van der Waals surface area contributed by atoms with E-state index in [0.717, 1.165) is 76.0 Å². The third-order valence-corrected chi connectivity index (χ3v) is 17.2. The van der Waals surface area contributed by atoms with Gasteiger partial charge in [-0.05, 0) is 109 Å². The van der Waals surface area contributed by atoms with Crippen LogP contribution in [0.25, 0.3) is 0 Å². The second kappa shape index (κ2) is 13.9. The van der Waals surface area contributed by atoms with Gasteiger partial charge < -0.3 is 14.7 Å². The zero-order chi connectivity index (χ0) is 39.9. The van der Waals surface area contributed by atoms with Crippen LogP contribution in [0.5, 0.6) is 0 Å². The summed E-state index contributed by atoms with van der Waals surface area (Å²) in [6.07, 6.45) is 11.3. The van der Waals surface area contributed by atoms with Gasteiger partial charge in [0.25, 0.3) is 17.3 Å². The van der Waals surface area contributed by atoms with E-state index in [2.05, 4.69) is 59.4 Å². The molecule has 1 heterocycles. The van der Waals surface area contributed by atoms with Gasteiger partial charge in [-0.25, -0.2) is 0 Å². The second-order valence-electron chi connectivity index (χ2n) is 19.7. The van der Waals surface area contributed by atoms with E-state index in [9.17, 15) is 34.9 Å². The third kappa shape index (κ3) is 6.14. The second-order valence-corrected chi connectivity index (χ2v) is 19.7. The summed E-state index contributed by atoms with van der Waals surface area (Å²) in [5.41, 5.74) is 0.104. The average molecular weight is 763 g/mol. The van der Waals surface area contributed by atoms with Crippen molar-refractivity contribution in [3.8, 4) is 0 Å². The number of aliphatic hydroxyl groups is 1. The molecule has 302 valence electrons. The number of carbonyl (C=O) groups is 2. The van der Waals surface area contributed by atoms with Crippen molar-refractivity contribution < 1.29 is 29.3 Å². The highest BCUT2D eigenvalue weighted by atomic mass is 16.6. The first-order valence-corrected chi connectivity index (χ1v) is 20.8. The highest BCUT2D eigenvalue weighted by molar-refractivity contribution is 5.95. The maximum Gasteiger partial charge on any atom is 0.312 e. The van der Waals surface area contributed by atoms with Crippen LogP contribution in [0.1, 0.15) is 117 Å². The number of amides is 1. The van der Waals surface area contributed by atoms with Crippen molar-refractivity contribution in [3.05, 3.63) is 55.6 Å². The van der Waals surface area contributed by atoms with Gasteiger partial charge in [-0.2, -0.15) is 0 Å². The Hall–Kier alpha value is -3.38. The van der Waals surface area contributed by atoms with E-state index in [-0.39, 0.29) is 51.8 Å². The molecule has 12 heteroatoms. The molecule has 1 amide bonds. The highest BCUT2D eigenvalue weighted by Crippen LogP contribution is 2.75. The van der Waals surface area contributed by atoms with Crippen LogP contribution in [-0.2, 0) is 9.53 Å². The van der Waals surface area contributed by atoms with Crippen molar-refractivity contribution >= 4 is 23.3 Å². The molecular formula is C43H62N4O8. The molecule has 5 aliphatic carbocycles. The number of carbonyl (C=O) groups excluding carboxylic acids is 2. The summed E-state index contributed by atoms with van der Waals surface area (Å²) in [7, 11) is 0. The van der Waals surface area contributed by atoms with E-state index < -0.39 is 32.5 Å². The number of hydrogen-bond donors (Lipinski definition) is 1. The number of hydrogen-bond acceptors (Lipinski definition) is 9. The fraction of sp³-hybridized carbons (Fsp3) is 0.767. The van der Waals surface area contributed by atoms with E-state index in [1.807, 2.05) is 0 Å². The van der Waals surface area contributed by atoms with Crippen molar-refractivity contribution in [2.75, 3.05) is 39.3 Å². The van der Waals surface area contributed by atoms with Crippen molar-refractivity contribution in [2.45, 2.75) is 112 Å². The molecule has 12 nitrogen and oxygen atoms in total. The summed E-state index contributed by atoms with van der Waals surface area (Å²) in [4.78, 5) is 52.7. The van der Waals surface area contributed by atoms with Gasteiger partial charge >= 0.3 is 5.97 Å². The average Bonchev–Trinajstić information content (AvgIpc) is 3.14. The van der Waals surface area contributed by atoms with Crippen LogP contribution in [0.15, 0.2) is 29.8 Å². The lowest BCUT2D eigenvalue weighted by atomic mass is 9.33. The number of benzene rings is 1. The van der Waals surface area contributed by atoms with Gasteiger partial charge in [0.05, 0.1) is 33.0 Å². The van der Waals surface area contributed by atoms with Gasteiger partial charge in [0, 0.05) is 44.9 Å². The first-order valence-electron chi connectivity index (χ1n) is 20.8. The zero-order valence-corrected chi connectivity index (χ0v) is 34.0. The fourth-order valence-electron chi connectivity index (χ4n) is 13.5. The quantitative estimate of drug-likeness (QED) is 0.127. The summed E-state index contributed by atoms with van der Waals surface area (Å²) in [6, 6.07) is 3.03. The van der Waals surface area contributed by atoms with Crippen LogP contribution in [0.4, 0.5) is 11.4 Å². The molecule has 55 heavy (non-hydrogen) atoms. The van der Waals surface area contributed by atoms with E-state index in [1.165, 1.54) is 5.57 Å². The molecule has 0 radical (unpaired) electrons. The van der Waals surface area contributed by atoms with E-state index in [0.29, 0.717) is 56.4 Å². The monoisotopic (exact) mass is 762 g/mol. The molecule has 5 fully saturated rings. The molecule has 4 saturated carbocycles. The molecular weight excluding hydrogens is 700 g/mol. The zero-order valence-electron chi connectivity index (χ0n) is 34.0. The van der Waals surface area contributed by atoms with E-state index >= 15 is 0 Å². The largest absolute Gasteiger partial charge is 0.464 e. The summed E-state index contributed by atoms with van der Waals surface area (Å²) in [6.45, 7) is 19.5. The molecule has 6 aliphatic rings. The van der Waals surface area contributed by atoms with Gasteiger partial charge in [-0.1, -0.05) is 60.1 Å². The Kier molecular flexibility index (Phi) is 10.1.